The zero-order valence-electron chi connectivity index (χ0n) is 32.7. The monoisotopic (exact) mass is 898 g/mol. The summed E-state index contributed by atoms with van der Waals surface area (Å²) in [4.78, 5) is 8.30. The van der Waals surface area contributed by atoms with Crippen LogP contribution in [0.1, 0.15) is 4.11 Å². The van der Waals surface area contributed by atoms with Crippen LogP contribution in [0.25, 0.3) is 65.5 Å². The Balaban J connectivity index is 0.00000396. The molecule has 0 N–H and O–H groups in total. The Morgan fingerprint density at radius 2 is 1.35 bits per heavy atom. The van der Waals surface area contributed by atoms with Crippen LogP contribution in [0, 0.1) is 18.8 Å². The van der Waals surface area contributed by atoms with Crippen molar-refractivity contribution in [2.75, 3.05) is 16.8 Å². The van der Waals surface area contributed by atoms with E-state index in [1.807, 2.05) is 47.5 Å². The Kier molecular flexibility index (Phi) is 6.59. The van der Waals surface area contributed by atoms with Crippen molar-refractivity contribution >= 4 is 95.9 Å². The van der Waals surface area contributed by atoms with E-state index in [0.29, 0.717) is 22.9 Å². The molecular formula is C46H34N5OPtSi-3. The van der Waals surface area contributed by atoms with Gasteiger partial charge >= 0.3 is 0 Å². The third kappa shape index (κ3) is 4.71. The molecule has 5 heterocycles. The summed E-state index contributed by atoms with van der Waals surface area (Å²) in [5.41, 5.74) is 8.20. The first-order chi connectivity index (χ1) is 27.0. The molecule has 0 spiro atoms. The number of benzene rings is 6. The molecule has 266 valence electrons. The largest absolute Gasteiger partial charge is 0.509 e. The molecule has 8 heteroatoms. The molecule has 0 radical (unpaired) electrons. The van der Waals surface area contributed by atoms with E-state index < -0.39 is 15.0 Å². The summed E-state index contributed by atoms with van der Waals surface area (Å²) in [5.74, 6) is 1.07. The van der Waals surface area contributed by atoms with E-state index in [2.05, 4.69) is 126 Å². The van der Waals surface area contributed by atoms with E-state index in [1.165, 1.54) is 15.7 Å². The van der Waals surface area contributed by atoms with Crippen molar-refractivity contribution in [1.82, 2.24) is 13.8 Å². The predicted octanol–water partition coefficient (Wildman–Crippen LogP) is 11.0. The van der Waals surface area contributed by atoms with Crippen molar-refractivity contribution in [2.45, 2.75) is 19.6 Å². The SMILES string of the molecule is [2H]C([2H])([2H])N1[CH-]N(c2[c-]c(Oc3[c-]c4c(cc3)c3cccc5c3n4c3ncccc3c3cccc4c6ccccc6n5c43)cc([Si](C)(C)C)c2)c2ccccc21.[Pt]. The van der Waals surface area contributed by atoms with Crippen LogP contribution < -0.4 is 19.7 Å². The van der Waals surface area contributed by atoms with Crippen LogP contribution in [0.3, 0.4) is 0 Å². The number of rotatable bonds is 4. The van der Waals surface area contributed by atoms with Gasteiger partial charge in [0.2, 0.25) is 0 Å². The normalized spacial score (nSPS) is 14.3. The number of anilines is 3. The minimum atomic E-state index is -2.35. The third-order valence-electron chi connectivity index (χ3n) is 10.7. The molecule has 0 unspecified atom stereocenters. The summed E-state index contributed by atoms with van der Waals surface area (Å²) >= 11 is 0. The smallest absolute Gasteiger partial charge is 0.143 e. The fraction of sp³-hybridized carbons (Fsp3) is 0.0870. The maximum atomic E-state index is 8.23. The third-order valence-corrected chi connectivity index (χ3v) is 12.7. The zero-order chi connectivity index (χ0) is 38.1. The average Bonchev–Trinajstić information content (AvgIpc) is 3.85. The molecule has 1 aliphatic heterocycles. The van der Waals surface area contributed by atoms with Gasteiger partial charge in [-0.05, 0) is 48.8 Å². The van der Waals surface area contributed by atoms with E-state index in [0.717, 1.165) is 65.6 Å². The minimum Gasteiger partial charge on any atom is -0.509 e. The summed E-state index contributed by atoms with van der Waals surface area (Å²) in [6.07, 6.45) is 1.86. The Morgan fingerprint density at radius 1 is 0.648 bits per heavy atom. The summed E-state index contributed by atoms with van der Waals surface area (Å²) in [5, 5.41) is 7.84. The van der Waals surface area contributed by atoms with Gasteiger partial charge in [-0.25, -0.2) is 4.98 Å². The van der Waals surface area contributed by atoms with Crippen LogP contribution in [0.15, 0.2) is 128 Å². The second-order valence-electron chi connectivity index (χ2n) is 14.8. The summed E-state index contributed by atoms with van der Waals surface area (Å²) in [6.45, 7) is 6.15. The number of aromatic nitrogens is 3. The fourth-order valence-electron chi connectivity index (χ4n) is 8.24. The van der Waals surface area contributed by atoms with Gasteiger partial charge < -0.3 is 23.3 Å². The van der Waals surface area contributed by atoms with Crippen molar-refractivity contribution in [3.63, 3.8) is 0 Å². The molecule has 0 saturated heterocycles. The van der Waals surface area contributed by atoms with Crippen molar-refractivity contribution in [3.8, 4) is 11.5 Å². The molecule has 0 saturated carbocycles. The van der Waals surface area contributed by atoms with Gasteiger partial charge in [0.25, 0.3) is 0 Å². The van der Waals surface area contributed by atoms with E-state index >= 15 is 0 Å². The number of hydrogen-bond donors (Lipinski definition) is 0. The van der Waals surface area contributed by atoms with Crippen molar-refractivity contribution in [3.05, 3.63) is 146 Å². The van der Waals surface area contributed by atoms with Gasteiger partial charge in [0, 0.05) is 75.8 Å². The number of pyridine rings is 1. The van der Waals surface area contributed by atoms with E-state index in [9.17, 15) is 0 Å². The molecule has 0 aliphatic carbocycles. The Hall–Kier alpha value is -5.62. The molecule has 0 atom stereocenters. The van der Waals surface area contributed by atoms with E-state index in [1.54, 1.807) is 6.67 Å². The molecule has 6 aromatic carbocycles. The van der Waals surface area contributed by atoms with Crippen molar-refractivity contribution in [1.29, 1.82) is 0 Å². The average molecular weight is 899 g/mol. The molecule has 4 aromatic heterocycles. The Labute approximate surface area is 332 Å². The number of para-hydroxylation sites is 5. The van der Waals surface area contributed by atoms with Crippen LogP contribution in [0.4, 0.5) is 17.1 Å². The van der Waals surface area contributed by atoms with Crippen molar-refractivity contribution in [2.24, 2.45) is 0 Å². The van der Waals surface area contributed by atoms with Gasteiger partial charge in [0.15, 0.2) is 0 Å². The molecule has 54 heavy (non-hydrogen) atoms. The molecule has 0 amide bonds. The molecule has 0 bridgehead atoms. The first-order valence-electron chi connectivity index (χ1n) is 19.3. The number of ether oxygens (including phenoxy) is 1. The van der Waals surface area contributed by atoms with Crippen LogP contribution in [-0.2, 0) is 21.1 Å². The molecule has 1 aliphatic rings. The molecule has 11 rings (SSSR count). The summed E-state index contributed by atoms with van der Waals surface area (Å²) < 4.78 is 36.1. The van der Waals surface area contributed by atoms with E-state index in [-0.39, 0.29) is 21.1 Å². The molecule has 0 fully saturated rings. The van der Waals surface area contributed by atoms with Gasteiger partial charge in [-0.1, -0.05) is 85.8 Å². The van der Waals surface area contributed by atoms with E-state index in [4.69, 9.17) is 13.8 Å². The Morgan fingerprint density at radius 3 is 2.19 bits per heavy atom. The maximum Gasteiger partial charge on any atom is 0.143 e. The first kappa shape index (κ1) is 29.8. The number of nitrogens with zero attached hydrogens (tertiary/aromatic N) is 5. The van der Waals surface area contributed by atoms with Gasteiger partial charge in [-0.3, -0.25) is 0 Å². The van der Waals surface area contributed by atoms with Gasteiger partial charge in [0.1, 0.15) is 5.65 Å². The number of fused-ring (bicyclic) bond motifs is 11. The molecule has 10 aromatic rings. The standard InChI is InChI=1S/C46H34N5OSi.Pt/c1-48-28-49(41-19-8-7-18-40(41)48)29-24-31(26-32(25-29)53(2,3)4)52-30-21-22-34-36-15-10-20-42-45(36)51(43(34)27-30)46-38(16-11-23-47-46)37-14-9-13-35-33-12-5-6-17-39(33)50(42)44(35)37;/h5-23,25-26,28H,1-4H3;/q-3;/i1D3;. The van der Waals surface area contributed by atoms with Crippen LogP contribution >= 0.6 is 0 Å². The van der Waals surface area contributed by atoms with Gasteiger partial charge in [0.05, 0.1) is 30.1 Å². The predicted molar refractivity (Wildman–Crippen MR) is 222 cm³/mol. The second-order valence-corrected chi connectivity index (χ2v) is 19.9. The van der Waals surface area contributed by atoms with Crippen LogP contribution in [0.5, 0.6) is 11.5 Å². The number of hydrogen-bond acceptors (Lipinski definition) is 4. The topological polar surface area (TPSA) is 37.4 Å². The van der Waals surface area contributed by atoms with Crippen LogP contribution in [-0.4, -0.2) is 28.8 Å². The minimum absolute atomic E-state index is 0. The zero-order valence-corrected chi connectivity index (χ0v) is 32.9. The van der Waals surface area contributed by atoms with Crippen molar-refractivity contribution < 1.29 is 29.9 Å². The first-order valence-corrected chi connectivity index (χ1v) is 21.3. The quantitative estimate of drug-likeness (QED) is 0.130. The Bertz CT molecular complexity index is 3280. The second kappa shape index (κ2) is 11.9. The summed E-state index contributed by atoms with van der Waals surface area (Å²) in [6, 6.07) is 48.8. The van der Waals surface area contributed by atoms with Gasteiger partial charge in [-0.2, -0.15) is 24.0 Å². The molecular weight excluding hydrogens is 862 g/mol. The van der Waals surface area contributed by atoms with Gasteiger partial charge in [-0.15, -0.1) is 35.3 Å². The fourth-order valence-corrected chi connectivity index (χ4v) is 9.38. The van der Waals surface area contributed by atoms with Crippen LogP contribution in [0.2, 0.25) is 19.6 Å². The maximum absolute atomic E-state index is 8.23. The molecule has 6 nitrogen and oxygen atoms in total. The summed E-state index contributed by atoms with van der Waals surface area (Å²) in [7, 11) is -1.89.